The fourth-order valence-corrected chi connectivity index (χ4v) is 3.32. The lowest BCUT2D eigenvalue weighted by Gasteiger charge is -2.12. The first-order valence-electron chi connectivity index (χ1n) is 6.85. The van der Waals surface area contributed by atoms with E-state index in [2.05, 4.69) is 4.72 Å². The van der Waals surface area contributed by atoms with E-state index >= 15 is 0 Å². The minimum atomic E-state index is -3.71. The molecule has 6 heteroatoms. The van der Waals surface area contributed by atoms with Crippen molar-refractivity contribution < 1.29 is 13.5 Å². The van der Waals surface area contributed by atoms with Gasteiger partial charge in [-0.1, -0.05) is 37.6 Å². The number of hydrogen-bond acceptors (Lipinski definition) is 3. The Morgan fingerprint density at radius 1 is 1.14 bits per heavy atom. The van der Waals surface area contributed by atoms with Gasteiger partial charge in [-0.25, -0.2) is 8.42 Å². The van der Waals surface area contributed by atoms with E-state index in [-0.39, 0.29) is 11.5 Å². The summed E-state index contributed by atoms with van der Waals surface area (Å²) in [6.07, 6.45) is 0. The smallest absolute Gasteiger partial charge is 0.261 e. The zero-order valence-corrected chi connectivity index (χ0v) is 13.9. The molecule has 0 radical (unpaired) electrons. The predicted octanol–water partition coefficient (Wildman–Crippen LogP) is 3.76. The minimum Gasteiger partial charge on any atom is -0.392 e. The fourth-order valence-electron chi connectivity index (χ4n) is 2.03. The average molecular weight is 340 g/mol. The van der Waals surface area contributed by atoms with Crippen LogP contribution < -0.4 is 4.72 Å². The summed E-state index contributed by atoms with van der Waals surface area (Å²) < 4.78 is 27.3. The lowest BCUT2D eigenvalue weighted by Crippen LogP contribution is -2.14. The summed E-state index contributed by atoms with van der Waals surface area (Å²) in [6, 6.07) is 11.4. The maximum absolute atomic E-state index is 12.4. The highest BCUT2D eigenvalue weighted by Gasteiger charge is 2.16. The second-order valence-electron chi connectivity index (χ2n) is 5.29. The van der Waals surface area contributed by atoms with Crippen molar-refractivity contribution in [1.82, 2.24) is 0 Å². The van der Waals surface area contributed by atoms with Gasteiger partial charge in [-0.2, -0.15) is 0 Å². The molecule has 4 nitrogen and oxygen atoms in total. The summed E-state index contributed by atoms with van der Waals surface area (Å²) >= 11 is 5.84. The van der Waals surface area contributed by atoms with Crippen molar-refractivity contribution in [2.75, 3.05) is 4.72 Å². The first-order valence-corrected chi connectivity index (χ1v) is 8.71. The first-order chi connectivity index (χ1) is 10.3. The molecule has 0 aliphatic carbocycles. The maximum Gasteiger partial charge on any atom is 0.261 e. The molecule has 118 valence electrons. The summed E-state index contributed by atoms with van der Waals surface area (Å²) in [7, 11) is -3.71. The first kappa shape index (κ1) is 16.8. The molecule has 0 aromatic heterocycles. The van der Waals surface area contributed by atoms with Gasteiger partial charge in [-0.15, -0.1) is 0 Å². The standard InChI is InChI=1S/C16H18ClNO3S/c1-11(2)12-3-6-15(7-4-12)22(20,21)18-16-8-5-14(17)9-13(16)10-19/h3-9,11,18-19H,10H2,1-2H3. The molecule has 2 N–H and O–H groups in total. The molecule has 0 fully saturated rings. The number of aliphatic hydroxyl groups is 1. The number of nitrogens with one attached hydrogen (secondary N) is 1. The zero-order chi connectivity index (χ0) is 16.3. The zero-order valence-electron chi connectivity index (χ0n) is 12.4. The Morgan fingerprint density at radius 2 is 1.77 bits per heavy atom. The molecule has 2 aromatic carbocycles. The summed E-state index contributed by atoms with van der Waals surface area (Å²) in [5.74, 6) is 0.335. The maximum atomic E-state index is 12.4. The van der Waals surface area contributed by atoms with Crippen molar-refractivity contribution >= 4 is 27.3 Å². The average Bonchev–Trinajstić information content (AvgIpc) is 2.49. The third-order valence-electron chi connectivity index (χ3n) is 3.34. The van der Waals surface area contributed by atoms with E-state index in [1.807, 2.05) is 13.8 Å². The Hall–Kier alpha value is -1.56. The Bertz CT molecular complexity index is 755. The summed E-state index contributed by atoms with van der Waals surface area (Å²) in [5.41, 5.74) is 1.82. The van der Waals surface area contributed by atoms with Crippen LogP contribution in [0.15, 0.2) is 47.4 Å². The molecule has 2 aromatic rings. The molecule has 0 aliphatic heterocycles. The van der Waals surface area contributed by atoms with E-state index in [9.17, 15) is 13.5 Å². The number of halogens is 1. The second-order valence-corrected chi connectivity index (χ2v) is 7.41. The van der Waals surface area contributed by atoms with Gasteiger partial charge in [-0.3, -0.25) is 4.72 Å². The predicted molar refractivity (Wildman–Crippen MR) is 88.7 cm³/mol. The van der Waals surface area contributed by atoms with Gasteiger partial charge in [0, 0.05) is 10.6 Å². The number of anilines is 1. The van der Waals surface area contributed by atoms with Crippen LogP contribution in [0.4, 0.5) is 5.69 Å². The fraction of sp³-hybridized carbons (Fsp3) is 0.250. The topological polar surface area (TPSA) is 66.4 Å². The van der Waals surface area contributed by atoms with Gasteiger partial charge in [0.05, 0.1) is 17.2 Å². The molecular formula is C16H18ClNO3S. The Balaban J connectivity index is 2.31. The van der Waals surface area contributed by atoms with Gasteiger partial charge >= 0.3 is 0 Å². The molecule has 0 bridgehead atoms. The van der Waals surface area contributed by atoms with Gasteiger partial charge in [0.25, 0.3) is 10.0 Å². The molecule has 22 heavy (non-hydrogen) atoms. The van der Waals surface area contributed by atoms with E-state index in [1.165, 1.54) is 12.1 Å². The van der Waals surface area contributed by atoms with Gasteiger partial charge in [0.2, 0.25) is 0 Å². The van der Waals surface area contributed by atoms with Crippen LogP contribution in [-0.4, -0.2) is 13.5 Å². The van der Waals surface area contributed by atoms with Gasteiger partial charge in [0.15, 0.2) is 0 Å². The minimum absolute atomic E-state index is 0.177. The highest BCUT2D eigenvalue weighted by Crippen LogP contribution is 2.24. The van der Waals surface area contributed by atoms with Crippen molar-refractivity contribution in [3.63, 3.8) is 0 Å². The summed E-state index contributed by atoms with van der Waals surface area (Å²) in [4.78, 5) is 0.177. The Labute approximate surface area is 135 Å². The van der Waals surface area contributed by atoms with Crippen molar-refractivity contribution in [2.24, 2.45) is 0 Å². The lowest BCUT2D eigenvalue weighted by molar-refractivity contribution is 0.282. The largest absolute Gasteiger partial charge is 0.392 e. The number of aliphatic hydroxyl groups excluding tert-OH is 1. The molecule has 0 heterocycles. The lowest BCUT2D eigenvalue weighted by atomic mass is 10.0. The third-order valence-corrected chi connectivity index (χ3v) is 4.96. The highest BCUT2D eigenvalue weighted by atomic mass is 35.5. The number of rotatable bonds is 5. The Kier molecular flexibility index (Phi) is 5.11. The molecule has 0 atom stereocenters. The normalized spacial score (nSPS) is 11.7. The second kappa shape index (κ2) is 6.69. The van der Waals surface area contributed by atoms with Crippen LogP contribution in [0.5, 0.6) is 0 Å². The van der Waals surface area contributed by atoms with E-state index < -0.39 is 10.0 Å². The van der Waals surface area contributed by atoms with Crippen molar-refractivity contribution in [1.29, 1.82) is 0 Å². The molecule has 0 amide bonds. The highest BCUT2D eigenvalue weighted by molar-refractivity contribution is 7.92. The van der Waals surface area contributed by atoms with Gasteiger partial charge in [0.1, 0.15) is 0 Å². The quantitative estimate of drug-likeness (QED) is 0.871. The molecule has 0 aliphatic rings. The van der Waals surface area contributed by atoms with Gasteiger partial charge < -0.3 is 5.11 Å². The molecule has 0 spiro atoms. The third kappa shape index (κ3) is 3.80. The van der Waals surface area contributed by atoms with Crippen LogP contribution in [0, 0.1) is 0 Å². The van der Waals surface area contributed by atoms with Crippen LogP contribution in [0.3, 0.4) is 0 Å². The SMILES string of the molecule is CC(C)c1ccc(S(=O)(=O)Nc2ccc(Cl)cc2CO)cc1. The summed E-state index contributed by atoms with van der Waals surface area (Å²) in [6.45, 7) is 3.79. The number of benzene rings is 2. The van der Waals surface area contributed by atoms with Crippen LogP contribution in [0.25, 0.3) is 0 Å². The number of hydrogen-bond donors (Lipinski definition) is 2. The van der Waals surface area contributed by atoms with Crippen LogP contribution in [0.1, 0.15) is 30.9 Å². The Morgan fingerprint density at radius 3 is 2.32 bits per heavy atom. The van der Waals surface area contributed by atoms with E-state index in [1.54, 1.807) is 30.3 Å². The monoisotopic (exact) mass is 339 g/mol. The van der Waals surface area contributed by atoms with Crippen molar-refractivity contribution in [3.8, 4) is 0 Å². The van der Waals surface area contributed by atoms with E-state index in [0.717, 1.165) is 5.56 Å². The van der Waals surface area contributed by atoms with Gasteiger partial charge in [-0.05, 0) is 41.8 Å². The van der Waals surface area contributed by atoms with Crippen molar-refractivity contribution in [2.45, 2.75) is 31.3 Å². The molecule has 0 unspecified atom stereocenters. The molecule has 2 rings (SSSR count). The molecule has 0 saturated carbocycles. The van der Waals surface area contributed by atoms with Crippen LogP contribution >= 0.6 is 11.6 Å². The van der Waals surface area contributed by atoms with Crippen LogP contribution in [-0.2, 0) is 16.6 Å². The van der Waals surface area contributed by atoms with Crippen LogP contribution in [0.2, 0.25) is 5.02 Å². The van der Waals surface area contributed by atoms with E-state index in [4.69, 9.17) is 11.6 Å². The van der Waals surface area contributed by atoms with E-state index in [0.29, 0.717) is 22.2 Å². The summed E-state index contributed by atoms with van der Waals surface area (Å²) in [5, 5.41) is 9.75. The molecular weight excluding hydrogens is 322 g/mol. The van der Waals surface area contributed by atoms with Crippen molar-refractivity contribution in [3.05, 3.63) is 58.6 Å². The molecule has 0 saturated heterocycles. The number of sulfonamides is 1.